The number of nitrogens with two attached hydrogens (primary N) is 1. The van der Waals surface area contributed by atoms with Crippen LogP contribution in [0.25, 0.3) is 11.3 Å². The van der Waals surface area contributed by atoms with Gasteiger partial charge in [0.1, 0.15) is 0 Å². The average molecular weight is 292 g/mol. The van der Waals surface area contributed by atoms with E-state index in [1.54, 1.807) is 0 Å². The number of benzene rings is 1. The molecule has 0 saturated heterocycles. The molecule has 1 radical (unpaired) electrons. The van der Waals surface area contributed by atoms with E-state index in [4.69, 9.17) is 5.73 Å². The number of hydrogen-bond acceptors (Lipinski definition) is 4. The van der Waals surface area contributed by atoms with Crippen LogP contribution in [-0.4, -0.2) is 11.3 Å². The molecule has 5 heteroatoms. The third kappa shape index (κ3) is 2.71. The summed E-state index contributed by atoms with van der Waals surface area (Å²) in [6.07, 6.45) is 1.84. The van der Waals surface area contributed by atoms with Crippen molar-refractivity contribution in [1.82, 2.24) is 4.98 Å². The van der Waals surface area contributed by atoms with E-state index in [0.29, 0.717) is 15.7 Å². The molecule has 3 nitrogen and oxygen atoms in total. The fourth-order valence-corrected chi connectivity index (χ4v) is 1.85. The van der Waals surface area contributed by atoms with Crippen molar-refractivity contribution >= 4 is 22.8 Å². The van der Waals surface area contributed by atoms with Crippen LogP contribution in [0, 0.1) is 0 Å². The van der Waals surface area contributed by atoms with Crippen molar-refractivity contribution in [2.75, 3.05) is 5.73 Å². The van der Waals surface area contributed by atoms with Gasteiger partial charge in [-0.3, -0.25) is 0 Å². The maximum absolute atomic E-state index is 10.6. The molecule has 2 rings (SSSR count). The van der Waals surface area contributed by atoms with Crippen molar-refractivity contribution in [1.29, 1.82) is 0 Å². The fourth-order valence-electron chi connectivity index (χ4n) is 1.20. The van der Waals surface area contributed by atoms with Crippen molar-refractivity contribution in [2.24, 2.45) is 0 Å². The molecule has 1 aromatic carbocycles. The van der Waals surface area contributed by atoms with Crippen LogP contribution in [0.15, 0.2) is 30.3 Å². The van der Waals surface area contributed by atoms with Crippen LogP contribution in [0.3, 0.4) is 0 Å². The minimum atomic E-state index is 0. The Morgan fingerprint density at radius 3 is 2.53 bits per heavy atom. The molecule has 1 aromatic heterocycles. The molecule has 0 atom stereocenters. The Kier molecular flexibility index (Phi) is 4.57. The zero-order valence-corrected chi connectivity index (χ0v) is 11.5. The number of anilines is 1. The van der Waals surface area contributed by atoms with Gasteiger partial charge < -0.3 is 15.5 Å². The van der Waals surface area contributed by atoms with Crippen LogP contribution >= 0.6 is 11.3 Å². The number of rotatable bonds is 2. The maximum Gasteiger partial charge on any atom is 0.159 e. The standard InChI is InChI=1S/C10H7N2OS.Y/c11-10-12-9(8(6-13)14-10)7-4-2-1-3-5-7;/h1-5H,(H2,11,12);/q-1;. The second-order valence-electron chi connectivity index (χ2n) is 2.70. The molecular weight excluding hydrogens is 285 g/mol. The van der Waals surface area contributed by atoms with Crippen molar-refractivity contribution in [3.8, 4) is 11.3 Å². The van der Waals surface area contributed by atoms with Gasteiger partial charge >= 0.3 is 0 Å². The predicted molar refractivity (Wildman–Crippen MR) is 56.8 cm³/mol. The van der Waals surface area contributed by atoms with E-state index in [1.165, 1.54) is 0 Å². The minimum absolute atomic E-state index is 0. The van der Waals surface area contributed by atoms with E-state index < -0.39 is 0 Å². The van der Waals surface area contributed by atoms with E-state index >= 15 is 0 Å². The van der Waals surface area contributed by atoms with Crippen molar-refractivity contribution < 1.29 is 37.5 Å². The molecule has 1 heterocycles. The largest absolute Gasteiger partial charge is 0.417 e. The topological polar surface area (TPSA) is 56.0 Å². The molecule has 73 valence electrons. The van der Waals surface area contributed by atoms with Crippen LogP contribution in [0.5, 0.6) is 0 Å². The summed E-state index contributed by atoms with van der Waals surface area (Å²) in [7, 11) is 0. The summed E-state index contributed by atoms with van der Waals surface area (Å²) >= 11 is 1.15. The van der Waals surface area contributed by atoms with Gasteiger partial charge in [0.25, 0.3) is 0 Å². The molecule has 0 fully saturated rings. The van der Waals surface area contributed by atoms with Gasteiger partial charge in [0.15, 0.2) is 5.13 Å². The molecule has 0 aliphatic heterocycles. The second-order valence-corrected chi connectivity index (χ2v) is 3.73. The Bertz CT molecular complexity index is 456. The SMILES string of the molecule is Nc1nc(-c2ccccc2)c([C-]=O)s1.[Y]. The van der Waals surface area contributed by atoms with Crippen LogP contribution in [-0.2, 0) is 37.5 Å². The van der Waals surface area contributed by atoms with Gasteiger partial charge in [0.05, 0.1) is 0 Å². The maximum atomic E-state index is 10.6. The smallest absolute Gasteiger partial charge is 0.159 e. The second kappa shape index (κ2) is 5.49. The Morgan fingerprint density at radius 1 is 1.27 bits per heavy atom. The third-order valence-corrected chi connectivity index (χ3v) is 2.56. The van der Waals surface area contributed by atoms with Gasteiger partial charge in [-0.15, -0.1) is 11.3 Å². The van der Waals surface area contributed by atoms with Crippen LogP contribution in [0.1, 0.15) is 4.88 Å². The van der Waals surface area contributed by atoms with Crippen molar-refractivity contribution in [3.63, 3.8) is 0 Å². The zero-order valence-electron chi connectivity index (χ0n) is 7.81. The molecule has 0 unspecified atom stereocenters. The Balaban J connectivity index is 0.00000112. The van der Waals surface area contributed by atoms with Crippen LogP contribution in [0.2, 0.25) is 0 Å². The van der Waals surface area contributed by atoms with Crippen molar-refractivity contribution in [3.05, 3.63) is 35.2 Å². The molecular formula is C10H7N2OSY-. The van der Waals surface area contributed by atoms with Crippen LogP contribution < -0.4 is 5.73 Å². The van der Waals surface area contributed by atoms with E-state index in [1.807, 2.05) is 36.6 Å². The molecule has 2 N–H and O–H groups in total. The minimum Gasteiger partial charge on any atom is -0.417 e. The summed E-state index contributed by atoms with van der Waals surface area (Å²) in [5.41, 5.74) is 7.02. The van der Waals surface area contributed by atoms with E-state index in [0.717, 1.165) is 16.9 Å². The molecule has 0 spiro atoms. The molecule has 0 aliphatic rings. The Hall–Kier alpha value is -0.576. The first-order valence-electron chi connectivity index (χ1n) is 4.01. The summed E-state index contributed by atoms with van der Waals surface area (Å²) in [6, 6.07) is 9.45. The molecule has 0 amide bonds. The number of carbonyl (C=O) groups excluding carboxylic acids is 1. The summed E-state index contributed by atoms with van der Waals surface area (Å²) < 4.78 is 0. The first-order chi connectivity index (χ1) is 6.81. The van der Waals surface area contributed by atoms with E-state index in [2.05, 4.69) is 4.98 Å². The quantitative estimate of drug-likeness (QED) is 0.859. The summed E-state index contributed by atoms with van der Waals surface area (Å²) in [5.74, 6) is 0. The third-order valence-electron chi connectivity index (χ3n) is 1.78. The first kappa shape index (κ1) is 12.5. The zero-order chi connectivity index (χ0) is 9.97. The Morgan fingerprint density at radius 2 is 1.93 bits per heavy atom. The van der Waals surface area contributed by atoms with Crippen LogP contribution in [0.4, 0.5) is 5.13 Å². The summed E-state index contributed by atoms with van der Waals surface area (Å²) in [5, 5.41) is 0.391. The molecule has 2 aromatic rings. The van der Waals surface area contributed by atoms with Gasteiger partial charge in [-0.05, 0) is 0 Å². The van der Waals surface area contributed by atoms with E-state index in [9.17, 15) is 4.79 Å². The van der Waals surface area contributed by atoms with Gasteiger partial charge in [-0.25, -0.2) is 0 Å². The average Bonchev–Trinajstić information content (AvgIpc) is 2.61. The summed E-state index contributed by atoms with van der Waals surface area (Å²) in [6.45, 7) is 0. The van der Waals surface area contributed by atoms with Gasteiger partial charge in [-0.2, -0.15) is 0 Å². The molecule has 0 saturated carbocycles. The molecule has 0 aliphatic carbocycles. The number of nitrogen functional groups attached to an aromatic ring is 1. The van der Waals surface area contributed by atoms with E-state index in [-0.39, 0.29) is 32.7 Å². The number of nitrogens with zero attached hydrogens (tertiary/aromatic N) is 1. The Labute approximate surface area is 117 Å². The monoisotopic (exact) mass is 292 g/mol. The first-order valence-corrected chi connectivity index (χ1v) is 4.83. The van der Waals surface area contributed by atoms with Crippen molar-refractivity contribution in [2.45, 2.75) is 0 Å². The molecule has 15 heavy (non-hydrogen) atoms. The number of aromatic nitrogens is 1. The van der Waals surface area contributed by atoms with Gasteiger partial charge in [0.2, 0.25) is 0 Å². The fraction of sp³-hybridized carbons (Fsp3) is 0. The molecule has 0 bridgehead atoms. The number of thiazole rings is 1. The van der Waals surface area contributed by atoms with Gasteiger partial charge in [0, 0.05) is 39.0 Å². The summed E-state index contributed by atoms with van der Waals surface area (Å²) in [4.78, 5) is 15.1. The van der Waals surface area contributed by atoms with Gasteiger partial charge in [-0.1, -0.05) is 46.5 Å². The predicted octanol–water partition coefficient (Wildman–Crippen LogP) is 1.85. The number of hydrogen-bond donors (Lipinski definition) is 1. The normalized spacial score (nSPS) is 9.33.